The molecule has 9 heteroatoms. The zero-order valence-electron chi connectivity index (χ0n) is 16.7. The van der Waals surface area contributed by atoms with Gasteiger partial charge in [-0.05, 0) is 39.3 Å². The Morgan fingerprint density at radius 1 is 1.23 bits per heavy atom. The normalized spacial score (nSPS) is 12.4. The third-order valence-corrected chi connectivity index (χ3v) is 7.42. The number of halogens is 1. The zero-order valence-corrected chi connectivity index (χ0v) is 19.1. The number of fused-ring (bicyclic) bond motifs is 1. The van der Waals surface area contributed by atoms with Crippen molar-refractivity contribution in [3.8, 4) is 10.8 Å². The van der Waals surface area contributed by atoms with Crippen molar-refractivity contribution in [1.29, 1.82) is 0 Å². The second kappa shape index (κ2) is 8.02. The smallest absolute Gasteiger partial charge is 0.277 e. The van der Waals surface area contributed by atoms with Crippen molar-refractivity contribution < 1.29 is 14.0 Å². The summed E-state index contributed by atoms with van der Waals surface area (Å²) in [5, 5.41) is 9.50. The van der Waals surface area contributed by atoms with E-state index in [4.69, 9.17) is 16.0 Å². The van der Waals surface area contributed by atoms with Crippen LogP contribution in [-0.4, -0.2) is 32.0 Å². The standard InChI is InChI=1S/C21H18ClN3O3S2/c1-9-15(11(3)26)10(2)23-17(9)18(27)12(4)29-21-25-24-20(28-21)19-16(22)13-7-5-6-8-14(13)30-19/h5-8,12,23H,1-4H3/t12-/m0/s1. The molecule has 154 valence electrons. The van der Waals surface area contributed by atoms with Crippen molar-refractivity contribution in [1.82, 2.24) is 15.2 Å². The van der Waals surface area contributed by atoms with Crippen molar-refractivity contribution in [3.63, 3.8) is 0 Å². The van der Waals surface area contributed by atoms with Crippen LogP contribution in [0.15, 0.2) is 33.9 Å². The van der Waals surface area contributed by atoms with Crippen LogP contribution in [0.2, 0.25) is 5.02 Å². The molecule has 0 bridgehead atoms. The highest BCUT2D eigenvalue weighted by Crippen LogP contribution is 2.42. The minimum Gasteiger partial charge on any atom is -0.410 e. The topological polar surface area (TPSA) is 88.9 Å². The monoisotopic (exact) mass is 459 g/mol. The van der Waals surface area contributed by atoms with Crippen LogP contribution in [0.1, 0.15) is 46.0 Å². The predicted molar refractivity (Wildman–Crippen MR) is 120 cm³/mol. The average molecular weight is 460 g/mol. The maximum Gasteiger partial charge on any atom is 0.277 e. The summed E-state index contributed by atoms with van der Waals surface area (Å²) in [6.07, 6.45) is 0. The Morgan fingerprint density at radius 2 is 1.97 bits per heavy atom. The molecule has 0 unspecified atom stereocenters. The maximum atomic E-state index is 12.9. The van der Waals surface area contributed by atoms with Crippen molar-refractivity contribution in [2.24, 2.45) is 0 Å². The lowest BCUT2D eigenvalue weighted by atomic mass is 10.0. The number of Topliss-reactive ketones (excluding diaryl/α,β-unsaturated/α-hetero) is 2. The lowest BCUT2D eigenvalue weighted by Crippen LogP contribution is -2.15. The van der Waals surface area contributed by atoms with E-state index in [2.05, 4.69) is 15.2 Å². The van der Waals surface area contributed by atoms with Gasteiger partial charge in [0.25, 0.3) is 11.1 Å². The number of thioether (sulfide) groups is 1. The quantitative estimate of drug-likeness (QED) is 0.276. The number of carbonyl (C=O) groups is 2. The summed E-state index contributed by atoms with van der Waals surface area (Å²) in [7, 11) is 0. The molecule has 0 amide bonds. The van der Waals surface area contributed by atoms with Crippen molar-refractivity contribution in [2.75, 3.05) is 0 Å². The third-order valence-electron chi connectivity index (χ3n) is 4.82. The number of hydrogen-bond donors (Lipinski definition) is 1. The number of thiophene rings is 1. The van der Waals surface area contributed by atoms with Gasteiger partial charge in [-0.15, -0.1) is 21.5 Å². The van der Waals surface area contributed by atoms with E-state index in [1.807, 2.05) is 24.3 Å². The Bertz CT molecular complexity index is 1290. The number of H-pyrrole nitrogens is 1. The Kier molecular flexibility index (Phi) is 5.57. The lowest BCUT2D eigenvalue weighted by molar-refractivity contribution is 0.0988. The van der Waals surface area contributed by atoms with Crippen LogP contribution in [-0.2, 0) is 0 Å². The van der Waals surface area contributed by atoms with Crippen LogP contribution < -0.4 is 0 Å². The van der Waals surface area contributed by atoms with Gasteiger partial charge in [0.1, 0.15) is 4.88 Å². The summed E-state index contributed by atoms with van der Waals surface area (Å²) in [6.45, 7) is 6.83. The van der Waals surface area contributed by atoms with Crippen LogP contribution in [0, 0.1) is 13.8 Å². The highest BCUT2D eigenvalue weighted by atomic mass is 35.5. The van der Waals surface area contributed by atoms with E-state index in [9.17, 15) is 9.59 Å². The molecule has 4 rings (SSSR count). The number of aromatic amines is 1. The Balaban J connectivity index is 1.56. The number of carbonyl (C=O) groups excluding carboxylic acids is 2. The van der Waals surface area contributed by atoms with E-state index in [0.29, 0.717) is 38.3 Å². The molecule has 3 heterocycles. The molecule has 30 heavy (non-hydrogen) atoms. The summed E-state index contributed by atoms with van der Waals surface area (Å²) in [5.41, 5.74) is 2.36. The molecule has 0 fully saturated rings. The van der Waals surface area contributed by atoms with Crippen molar-refractivity contribution >= 4 is 56.4 Å². The molecule has 4 aromatic rings. The molecular formula is C21H18ClN3O3S2. The van der Waals surface area contributed by atoms with E-state index >= 15 is 0 Å². The largest absolute Gasteiger partial charge is 0.410 e. The fraction of sp³-hybridized carbons (Fsp3) is 0.238. The highest BCUT2D eigenvalue weighted by Gasteiger charge is 2.26. The number of nitrogens with one attached hydrogen (secondary N) is 1. The summed E-state index contributed by atoms with van der Waals surface area (Å²) in [5.74, 6) is 0.129. The van der Waals surface area contributed by atoms with Gasteiger partial charge in [-0.1, -0.05) is 41.6 Å². The first-order valence-electron chi connectivity index (χ1n) is 9.19. The van der Waals surface area contributed by atoms with Gasteiger partial charge in [-0.2, -0.15) is 0 Å². The third kappa shape index (κ3) is 3.59. The number of benzene rings is 1. The number of rotatable bonds is 6. The summed E-state index contributed by atoms with van der Waals surface area (Å²) in [4.78, 5) is 28.5. The van der Waals surface area contributed by atoms with Gasteiger partial charge in [0.15, 0.2) is 11.6 Å². The van der Waals surface area contributed by atoms with Crippen molar-refractivity contribution in [3.05, 3.63) is 51.8 Å². The molecule has 0 saturated carbocycles. The van der Waals surface area contributed by atoms with Gasteiger partial charge in [0.05, 0.1) is 16.0 Å². The predicted octanol–water partition coefficient (Wildman–Crippen LogP) is 6.12. The van der Waals surface area contributed by atoms with Crippen LogP contribution in [0.5, 0.6) is 0 Å². The van der Waals surface area contributed by atoms with E-state index < -0.39 is 5.25 Å². The minimum atomic E-state index is -0.479. The van der Waals surface area contributed by atoms with Gasteiger partial charge >= 0.3 is 0 Å². The Hall–Kier alpha value is -2.42. The van der Waals surface area contributed by atoms with Gasteiger partial charge in [0.2, 0.25) is 0 Å². The molecular weight excluding hydrogens is 442 g/mol. The molecule has 0 radical (unpaired) electrons. The van der Waals surface area contributed by atoms with Crippen molar-refractivity contribution in [2.45, 2.75) is 38.2 Å². The Labute approximate surface area is 186 Å². The fourth-order valence-corrected chi connectivity index (χ4v) is 5.61. The molecule has 0 saturated heterocycles. The molecule has 3 aromatic heterocycles. The van der Waals surface area contributed by atoms with Gasteiger partial charge in [0, 0.05) is 21.3 Å². The van der Waals surface area contributed by atoms with E-state index in [0.717, 1.165) is 10.1 Å². The average Bonchev–Trinajstić information content (AvgIpc) is 3.37. The molecule has 0 spiro atoms. The number of hydrogen-bond acceptors (Lipinski definition) is 7. The van der Waals surface area contributed by atoms with Gasteiger partial charge in [-0.3, -0.25) is 9.59 Å². The summed E-state index contributed by atoms with van der Waals surface area (Å²) < 4.78 is 6.82. The molecule has 1 N–H and O–H groups in total. The number of aromatic nitrogens is 3. The second-order valence-electron chi connectivity index (χ2n) is 6.92. The molecule has 1 atom stereocenters. The van der Waals surface area contributed by atoms with E-state index in [1.54, 1.807) is 20.8 Å². The molecule has 0 aliphatic carbocycles. The fourth-order valence-electron chi connectivity index (χ4n) is 3.43. The first kappa shape index (κ1) is 20.8. The first-order chi connectivity index (χ1) is 14.3. The molecule has 1 aromatic carbocycles. The number of nitrogens with zero attached hydrogens (tertiary/aromatic N) is 2. The second-order valence-corrected chi connectivity index (χ2v) is 9.64. The van der Waals surface area contributed by atoms with Crippen LogP contribution in [0.4, 0.5) is 0 Å². The maximum absolute atomic E-state index is 12.9. The minimum absolute atomic E-state index is 0.0673. The van der Waals surface area contributed by atoms with E-state index in [1.165, 1.54) is 30.0 Å². The first-order valence-corrected chi connectivity index (χ1v) is 11.3. The molecule has 0 aliphatic heterocycles. The number of aryl methyl sites for hydroxylation is 1. The van der Waals surface area contributed by atoms with Crippen LogP contribution in [0.25, 0.3) is 20.9 Å². The van der Waals surface area contributed by atoms with Crippen LogP contribution >= 0.6 is 34.7 Å². The Morgan fingerprint density at radius 3 is 2.63 bits per heavy atom. The van der Waals surface area contributed by atoms with Crippen LogP contribution in [0.3, 0.4) is 0 Å². The van der Waals surface area contributed by atoms with Gasteiger partial charge < -0.3 is 9.40 Å². The van der Waals surface area contributed by atoms with E-state index in [-0.39, 0.29) is 16.8 Å². The molecule has 0 aliphatic rings. The highest BCUT2D eigenvalue weighted by molar-refractivity contribution is 8.00. The zero-order chi connectivity index (χ0) is 21.6. The summed E-state index contributed by atoms with van der Waals surface area (Å²) in [6, 6.07) is 7.80. The molecule has 6 nitrogen and oxygen atoms in total. The number of ketones is 2. The lowest BCUT2D eigenvalue weighted by Gasteiger charge is -2.07. The summed E-state index contributed by atoms with van der Waals surface area (Å²) >= 11 is 9.14. The van der Waals surface area contributed by atoms with Gasteiger partial charge in [-0.25, -0.2) is 0 Å². The SMILES string of the molecule is CC(=O)c1c(C)[nH]c(C(=O)[C@H](C)Sc2nnc(-c3sc4ccccc4c3Cl)o2)c1C.